The van der Waals surface area contributed by atoms with Crippen LogP contribution in [0.5, 0.6) is 0 Å². The van der Waals surface area contributed by atoms with E-state index in [1.54, 1.807) is 6.07 Å². The fourth-order valence-corrected chi connectivity index (χ4v) is 2.65. The molecule has 0 heterocycles. The Morgan fingerprint density at radius 3 is 2.55 bits per heavy atom. The van der Waals surface area contributed by atoms with E-state index in [-0.39, 0.29) is 0 Å². The molecule has 0 aliphatic carbocycles. The Bertz CT molecular complexity index is 644. The second kappa shape index (κ2) is 6.44. The molecule has 0 bridgehead atoms. The Morgan fingerprint density at radius 1 is 1.20 bits per heavy atom. The predicted octanol–water partition coefficient (Wildman–Crippen LogP) is 4.26. The van der Waals surface area contributed by atoms with Gasteiger partial charge in [-0.25, -0.2) is 0 Å². The SMILES string of the molecule is CN(Cc1ccc(Cl)cc1Cl)c1ccccc1C(N)=S. The van der Waals surface area contributed by atoms with E-state index in [9.17, 15) is 0 Å². The molecule has 0 saturated heterocycles. The minimum absolute atomic E-state index is 0.384. The van der Waals surface area contributed by atoms with Gasteiger partial charge in [-0.3, -0.25) is 0 Å². The molecule has 0 amide bonds. The second-order valence-corrected chi connectivity index (χ2v) is 5.76. The van der Waals surface area contributed by atoms with Crippen molar-refractivity contribution < 1.29 is 0 Å². The Morgan fingerprint density at radius 2 is 1.90 bits per heavy atom. The van der Waals surface area contributed by atoms with Crippen LogP contribution in [0.2, 0.25) is 10.0 Å². The molecule has 0 unspecified atom stereocenters. The number of para-hydroxylation sites is 1. The maximum atomic E-state index is 6.20. The Labute approximate surface area is 134 Å². The average Bonchev–Trinajstić information content (AvgIpc) is 2.41. The summed E-state index contributed by atoms with van der Waals surface area (Å²) in [5.74, 6) is 0. The van der Waals surface area contributed by atoms with Gasteiger partial charge in [0.25, 0.3) is 0 Å². The van der Waals surface area contributed by atoms with Gasteiger partial charge in [-0.15, -0.1) is 0 Å². The number of nitrogens with two attached hydrogens (primary N) is 1. The summed E-state index contributed by atoms with van der Waals surface area (Å²) in [5.41, 5.74) is 8.59. The smallest absolute Gasteiger partial charge is 0.106 e. The molecule has 5 heteroatoms. The van der Waals surface area contributed by atoms with Gasteiger partial charge in [0.2, 0.25) is 0 Å². The summed E-state index contributed by atoms with van der Waals surface area (Å²) in [6.45, 7) is 0.648. The van der Waals surface area contributed by atoms with E-state index >= 15 is 0 Å². The number of halogens is 2. The summed E-state index contributed by atoms with van der Waals surface area (Å²) in [6.07, 6.45) is 0. The monoisotopic (exact) mass is 324 g/mol. The first kappa shape index (κ1) is 15.1. The molecule has 2 rings (SSSR count). The lowest BCUT2D eigenvalue weighted by molar-refractivity contribution is 0.922. The summed E-state index contributed by atoms with van der Waals surface area (Å²) < 4.78 is 0. The highest BCUT2D eigenvalue weighted by molar-refractivity contribution is 7.80. The third-order valence-electron chi connectivity index (χ3n) is 3.00. The minimum atomic E-state index is 0.384. The molecule has 0 atom stereocenters. The molecule has 2 aromatic carbocycles. The van der Waals surface area contributed by atoms with Crippen LogP contribution in [0.3, 0.4) is 0 Å². The maximum Gasteiger partial charge on any atom is 0.106 e. The number of rotatable bonds is 4. The Kier molecular flexibility index (Phi) is 4.86. The fourth-order valence-electron chi connectivity index (χ4n) is 2.01. The van der Waals surface area contributed by atoms with Crippen LogP contribution in [0, 0.1) is 0 Å². The van der Waals surface area contributed by atoms with Crippen molar-refractivity contribution in [1.29, 1.82) is 0 Å². The molecule has 0 spiro atoms. The quantitative estimate of drug-likeness (QED) is 0.852. The number of hydrogen-bond donors (Lipinski definition) is 1. The molecule has 104 valence electrons. The summed E-state index contributed by atoms with van der Waals surface area (Å²) in [5, 5.41) is 1.28. The van der Waals surface area contributed by atoms with Crippen LogP contribution in [-0.2, 0) is 6.54 Å². The van der Waals surface area contributed by atoms with E-state index in [1.807, 2.05) is 43.4 Å². The molecular formula is C15H14Cl2N2S. The van der Waals surface area contributed by atoms with Gasteiger partial charge in [0, 0.05) is 34.9 Å². The van der Waals surface area contributed by atoms with Crippen LogP contribution in [0.4, 0.5) is 5.69 Å². The lowest BCUT2D eigenvalue weighted by Gasteiger charge is -2.22. The topological polar surface area (TPSA) is 29.3 Å². The van der Waals surface area contributed by atoms with E-state index < -0.39 is 0 Å². The van der Waals surface area contributed by atoms with Crippen molar-refractivity contribution in [3.05, 3.63) is 63.6 Å². The zero-order valence-electron chi connectivity index (χ0n) is 10.9. The maximum absolute atomic E-state index is 6.20. The van der Waals surface area contributed by atoms with E-state index in [0.29, 0.717) is 21.6 Å². The van der Waals surface area contributed by atoms with E-state index in [2.05, 4.69) is 4.90 Å². The number of thiocarbonyl (C=S) groups is 1. The summed E-state index contributed by atoms with van der Waals surface area (Å²) in [7, 11) is 1.97. The van der Waals surface area contributed by atoms with E-state index in [4.69, 9.17) is 41.2 Å². The lowest BCUT2D eigenvalue weighted by Crippen LogP contribution is -2.21. The number of nitrogens with zero attached hydrogens (tertiary/aromatic N) is 1. The highest BCUT2D eigenvalue weighted by Crippen LogP contribution is 2.25. The van der Waals surface area contributed by atoms with Crippen LogP contribution in [0.15, 0.2) is 42.5 Å². The van der Waals surface area contributed by atoms with Gasteiger partial charge in [0.1, 0.15) is 4.99 Å². The van der Waals surface area contributed by atoms with Crippen molar-refractivity contribution in [2.45, 2.75) is 6.54 Å². The molecule has 2 aromatic rings. The normalized spacial score (nSPS) is 10.3. The summed E-state index contributed by atoms with van der Waals surface area (Å²) >= 11 is 17.2. The molecule has 0 aliphatic heterocycles. The van der Waals surface area contributed by atoms with Gasteiger partial charge < -0.3 is 10.6 Å². The van der Waals surface area contributed by atoms with Crippen molar-refractivity contribution in [2.75, 3.05) is 11.9 Å². The van der Waals surface area contributed by atoms with Crippen molar-refractivity contribution >= 4 is 46.1 Å². The van der Waals surface area contributed by atoms with Crippen molar-refractivity contribution in [2.24, 2.45) is 5.73 Å². The minimum Gasteiger partial charge on any atom is -0.389 e. The molecule has 2 nitrogen and oxygen atoms in total. The average molecular weight is 325 g/mol. The summed E-state index contributed by atoms with van der Waals surface area (Å²) in [4.78, 5) is 2.44. The first-order valence-corrected chi connectivity index (χ1v) is 7.19. The lowest BCUT2D eigenvalue weighted by atomic mass is 10.1. The van der Waals surface area contributed by atoms with Crippen molar-refractivity contribution in [3.63, 3.8) is 0 Å². The van der Waals surface area contributed by atoms with Crippen LogP contribution in [0.1, 0.15) is 11.1 Å². The molecule has 0 aromatic heterocycles. The van der Waals surface area contributed by atoms with Gasteiger partial charge in [0.05, 0.1) is 0 Å². The Hall–Kier alpha value is -1.29. The zero-order valence-corrected chi connectivity index (χ0v) is 13.3. The number of anilines is 1. The summed E-state index contributed by atoms with van der Waals surface area (Å²) in [6, 6.07) is 13.3. The third-order valence-corrected chi connectivity index (χ3v) is 3.81. The predicted molar refractivity (Wildman–Crippen MR) is 90.9 cm³/mol. The fraction of sp³-hybridized carbons (Fsp3) is 0.133. The van der Waals surface area contributed by atoms with Crippen LogP contribution >= 0.6 is 35.4 Å². The molecule has 20 heavy (non-hydrogen) atoms. The molecule has 2 N–H and O–H groups in total. The highest BCUT2D eigenvalue weighted by Gasteiger charge is 2.11. The van der Waals surface area contributed by atoms with Crippen LogP contribution in [0.25, 0.3) is 0 Å². The van der Waals surface area contributed by atoms with Gasteiger partial charge >= 0.3 is 0 Å². The molecular weight excluding hydrogens is 311 g/mol. The largest absolute Gasteiger partial charge is 0.389 e. The number of benzene rings is 2. The van der Waals surface area contributed by atoms with Gasteiger partial charge in [-0.2, -0.15) is 0 Å². The Balaban J connectivity index is 2.28. The molecule has 0 radical (unpaired) electrons. The number of hydrogen-bond acceptors (Lipinski definition) is 2. The highest BCUT2D eigenvalue weighted by atomic mass is 35.5. The van der Waals surface area contributed by atoms with Gasteiger partial charge in [0.15, 0.2) is 0 Å². The van der Waals surface area contributed by atoms with Crippen molar-refractivity contribution in [3.8, 4) is 0 Å². The van der Waals surface area contributed by atoms with Crippen molar-refractivity contribution in [1.82, 2.24) is 0 Å². The van der Waals surface area contributed by atoms with Gasteiger partial charge in [-0.1, -0.05) is 53.6 Å². The molecule has 0 aliphatic rings. The van der Waals surface area contributed by atoms with Crippen LogP contribution in [-0.4, -0.2) is 12.0 Å². The van der Waals surface area contributed by atoms with Gasteiger partial charge in [-0.05, 0) is 29.8 Å². The van der Waals surface area contributed by atoms with Crippen LogP contribution < -0.4 is 10.6 Å². The molecule has 0 fully saturated rings. The van der Waals surface area contributed by atoms with E-state index in [0.717, 1.165) is 16.8 Å². The first-order valence-electron chi connectivity index (χ1n) is 6.03. The van der Waals surface area contributed by atoms with E-state index in [1.165, 1.54) is 0 Å². The molecule has 0 saturated carbocycles. The first-order chi connectivity index (χ1) is 9.49. The third kappa shape index (κ3) is 3.42. The standard InChI is InChI=1S/C15H14Cl2N2S/c1-19(9-10-6-7-11(16)8-13(10)17)14-5-3-2-4-12(14)15(18)20/h2-8H,9H2,1H3,(H2,18,20). The zero-order chi connectivity index (χ0) is 14.7. The second-order valence-electron chi connectivity index (χ2n) is 4.47.